The average molecular weight is 1960 g/mol. The van der Waals surface area contributed by atoms with Crippen LogP contribution in [-0.2, 0) is 23.9 Å². The summed E-state index contributed by atoms with van der Waals surface area (Å²) in [5.41, 5.74) is 2.91. The Bertz CT molecular complexity index is 2860. The summed E-state index contributed by atoms with van der Waals surface area (Å²) in [6, 6.07) is 3.66. The number of nitrogens with zero attached hydrogens (tertiary/aromatic N) is 20. The van der Waals surface area contributed by atoms with Crippen molar-refractivity contribution >= 4 is 23.5 Å². The number of amides is 3. The van der Waals surface area contributed by atoms with Gasteiger partial charge in [0.05, 0.1) is 19.3 Å². The molecule has 3 amide bonds. The lowest BCUT2D eigenvalue weighted by atomic mass is 9.87. The van der Waals surface area contributed by atoms with Crippen molar-refractivity contribution in [2.24, 2.45) is 59.2 Å². The van der Waals surface area contributed by atoms with Gasteiger partial charge in [0.15, 0.2) is 5.78 Å². The van der Waals surface area contributed by atoms with Gasteiger partial charge in [-0.1, -0.05) is 117 Å². The first kappa shape index (κ1) is 133. The number of piperazine rings is 7. The third-order valence-electron chi connectivity index (χ3n) is 29.1. The van der Waals surface area contributed by atoms with Gasteiger partial charge < -0.3 is 88.2 Å². The fourth-order valence-electron chi connectivity index (χ4n) is 18.3. The van der Waals surface area contributed by atoms with Gasteiger partial charge in [-0.15, -0.1) is 0 Å². The molecule has 1 atom stereocenters. The summed E-state index contributed by atoms with van der Waals surface area (Å²) in [6.45, 7) is 102. The largest absolute Gasteiger partial charge is 0.393 e. The van der Waals surface area contributed by atoms with Crippen LogP contribution < -0.4 is 5.43 Å². The molecule has 12 aliphatic heterocycles. The molecule has 12 aliphatic rings. The number of likely N-dealkylation sites (N-methyl/N-ethyl adjacent to an activating group) is 8. The molecule has 2 N–H and O–H groups in total. The van der Waals surface area contributed by atoms with Crippen LogP contribution in [0.4, 0.5) is 0 Å². The van der Waals surface area contributed by atoms with Gasteiger partial charge >= 0.3 is 0 Å². The van der Waals surface area contributed by atoms with Crippen LogP contribution in [0.3, 0.4) is 0 Å². The maximum Gasteiger partial charge on any atom is 0.236 e. The topological polar surface area (TPSA) is 175 Å². The SMILES string of the molecule is CC(C)C(=O)N1CCN(C)CC1.CC(C)C(=O)NN1CCN(C)CC1.CC(C)C1CCCN(C)C1.CC(C)C1CCN(C)CC1.CC(C)CC(=O)/C=C/CN(C)C.CC(C)CC(=O)N1CCN(C)CC1.CC(C)CCN1CCN(C)CC1.CC(C)CN1CCN(C)CC1.CC(C)N1CCC(N2CCN(C)CC2)CC1.CC(C)N1CCC(O)CC1.CC(C)N1CCN(C)CC1.CC(C)N1CCOCC1. The second-order valence-electron chi connectivity index (χ2n) is 47.1. The molecule has 12 rings (SSSR count). The number of hydrazine groups is 1. The van der Waals surface area contributed by atoms with Crippen LogP contribution in [0.2, 0.25) is 0 Å². The lowest BCUT2D eigenvalue weighted by Crippen LogP contribution is -2.53. The van der Waals surface area contributed by atoms with E-state index in [0.29, 0.717) is 48.6 Å². The Morgan fingerprint density at radius 2 is 0.739 bits per heavy atom. The number of rotatable bonds is 22. The summed E-state index contributed by atoms with van der Waals surface area (Å²) in [4.78, 5) is 90.7. The molecule has 12 saturated heterocycles. The number of ketones is 1. The van der Waals surface area contributed by atoms with Gasteiger partial charge in [-0.25, -0.2) is 5.01 Å². The highest BCUT2D eigenvalue weighted by Crippen LogP contribution is 2.25. The number of aliphatic hydroxyl groups is 1. The van der Waals surface area contributed by atoms with Gasteiger partial charge in [0.2, 0.25) is 17.7 Å². The summed E-state index contributed by atoms with van der Waals surface area (Å²) < 4.78 is 5.21. The van der Waals surface area contributed by atoms with E-state index >= 15 is 0 Å². The number of hydrogen-bond donors (Lipinski definition) is 2. The van der Waals surface area contributed by atoms with Crippen LogP contribution in [0, 0.1) is 59.2 Å². The number of aliphatic hydroxyl groups excluding tert-OH is 1. The van der Waals surface area contributed by atoms with Gasteiger partial charge in [0, 0.05) is 284 Å². The second kappa shape index (κ2) is 77.4. The Hall–Kier alpha value is -2.98. The fourth-order valence-corrected chi connectivity index (χ4v) is 18.3. The molecular weight excluding hydrogens is 1720 g/mol. The van der Waals surface area contributed by atoms with E-state index in [-0.39, 0.29) is 29.6 Å². The van der Waals surface area contributed by atoms with E-state index in [2.05, 4.69) is 286 Å². The first-order valence-electron chi connectivity index (χ1n) is 56.0. The highest BCUT2D eigenvalue weighted by molar-refractivity contribution is 5.89. The van der Waals surface area contributed by atoms with Gasteiger partial charge in [0.25, 0.3) is 0 Å². The smallest absolute Gasteiger partial charge is 0.236 e. The number of allylic oxidation sites excluding steroid dienone is 1. The van der Waals surface area contributed by atoms with Crippen molar-refractivity contribution in [2.75, 3.05) is 359 Å². The third kappa shape index (κ3) is 67.0. The lowest BCUT2D eigenvalue weighted by molar-refractivity contribution is -0.136. The van der Waals surface area contributed by atoms with Crippen LogP contribution in [0.1, 0.15) is 237 Å². The van der Waals surface area contributed by atoms with Crippen LogP contribution in [0.25, 0.3) is 0 Å². The van der Waals surface area contributed by atoms with E-state index in [0.717, 1.165) is 191 Å². The zero-order valence-corrected chi connectivity index (χ0v) is 97.5. The summed E-state index contributed by atoms with van der Waals surface area (Å²) in [7, 11) is 23.5. The number of morpholine rings is 1. The van der Waals surface area contributed by atoms with Crippen molar-refractivity contribution < 1.29 is 29.0 Å². The zero-order chi connectivity index (χ0) is 104. The Morgan fingerprint density at radius 1 is 0.362 bits per heavy atom. The lowest BCUT2D eigenvalue weighted by Gasteiger charge is -2.43. The van der Waals surface area contributed by atoms with E-state index in [1.165, 1.54) is 202 Å². The Labute approximate surface area is 854 Å². The Morgan fingerprint density at radius 3 is 1.11 bits per heavy atom. The minimum atomic E-state index is -0.0324. The van der Waals surface area contributed by atoms with Gasteiger partial charge in [0.1, 0.15) is 0 Å². The summed E-state index contributed by atoms with van der Waals surface area (Å²) in [5.74, 6) is 7.51. The molecule has 0 radical (unpaired) electrons. The molecule has 27 heteroatoms. The number of likely N-dealkylation sites (tertiary alicyclic amines) is 4. The fraction of sp³-hybridized carbons (Fsp3) is 0.946. The van der Waals surface area contributed by atoms with E-state index in [1.807, 2.05) is 67.6 Å². The quantitative estimate of drug-likeness (QED) is 0.0979. The molecule has 138 heavy (non-hydrogen) atoms. The zero-order valence-electron chi connectivity index (χ0n) is 97.5. The summed E-state index contributed by atoms with van der Waals surface area (Å²) >= 11 is 0. The average Bonchev–Trinajstić information content (AvgIpc) is 0.837. The highest BCUT2D eigenvalue weighted by Gasteiger charge is 2.30. The number of nitrogens with one attached hydrogen (secondary N) is 1. The molecule has 1 unspecified atom stereocenters. The predicted octanol–water partition coefficient (Wildman–Crippen LogP) is 12.3. The normalized spacial score (nSPS) is 22.4. The maximum atomic E-state index is 11.6. The van der Waals surface area contributed by atoms with Crippen LogP contribution in [-0.4, -0.2) is 522 Å². The van der Waals surface area contributed by atoms with Gasteiger partial charge in [-0.3, -0.25) is 39.3 Å². The number of ether oxygens (including phenoxy) is 1. The molecule has 818 valence electrons. The van der Waals surface area contributed by atoms with Crippen molar-refractivity contribution in [2.45, 2.75) is 273 Å². The molecule has 12 fully saturated rings. The summed E-state index contributed by atoms with van der Waals surface area (Å²) in [6.07, 6.45) is 16.6. The van der Waals surface area contributed by atoms with Gasteiger partial charge in [-0.2, -0.15) is 0 Å². The third-order valence-corrected chi connectivity index (χ3v) is 29.1. The van der Waals surface area contributed by atoms with E-state index in [9.17, 15) is 24.3 Å². The number of carbonyl (C=O) groups excluding carboxylic acids is 4. The molecule has 0 bridgehead atoms. The maximum absolute atomic E-state index is 11.6. The van der Waals surface area contributed by atoms with E-state index in [4.69, 9.17) is 4.74 Å². The van der Waals surface area contributed by atoms with Crippen molar-refractivity contribution in [3.05, 3.63) is 12.2 Å². The summed E-state index contributed by atoms with van der Waals surface area (Å²) in [5, 5.41) is 11.2. The standard InChI is InChI=1S/C13H27N3.C10H20N2O.C10H22N2.C10H19NO.C9H19N3O.C9H18N2O.C9H20N2.2C9H19N.C8H18N2.C8H17NO.C7H15NO/c1-12(2)15-6-4-13(5-7-15)16-10-8-14(3)9-11-16;1-9(2)8-10(13)12-6-4-11(3)5-7-12;1-10(2)4-5-12-8-6-11(3)7-9-12;1-9(2)8-10(12)6-5-7-11(3)4;1-8(2)9(13)10-12-6-4-11(3)5-7-12;1-8(2)9(12)11-6-4-10(3)5-7-11;1-9(2)8-11-6-4-10(3)5-7-11;1-8(2)9-4-6-10(3)7-5-9;1-8(2)9-5-4-6-10(3)7-9;1-8(2)10-6-4-9(3)5-7-10;1-7(2)9-5-3-8(10)4-6-9;1-7(2)8-3-5-9-6-4-8/h12-13H,4-11H2,1-3H3;9H,4-8H2,1-3H3;10H,4-9H2,1-3H3;5-6,9H,7-8H2,1-4H3;8H,4-7H2,1-3H3,(H,10,13);8H,4-7H2,1-3H3;9H,4-8H2,1-3H3;2*8-9H,4-7H2,1-3H3;8H,4-7H2,1-3H3;7-8,10H,3-6H2,1-2H3;7H,3-6H2,1-2H3/b;;;6-5+;;;;;;;;. The Kier molecular flexibility index (Phi) is 74.6. The molecule has 0 spiro atoms. The number of piperidine rings is 4. The predicted molar refractivity (Wildman–Crippen MR) is 591 cm³/mol. The minimum Gasteiger partial charge on any atom is -0.393 e. The first-order valence-corrected chi connectivity index (χ1v) is 56.0. The van der Waals surface area contributed by atoms with Crippen molar-refractivity contribution in [3.8, 4) is 0 Å². The molecule has 27 nitrogen and oxygen atoms in total. The Balaban J connectivity index is 0.000000755. The first-order chi connectivity index (χ1) is 64.9. The molecule has 0 aromatic rings. The highest BCUT2D eigenvalue weighted by atomic mass is 16.5. The molecule has 0 aromatic heterocycles. The molecule has 0 aliphatic carbocycles. The molecule has 0 aromatic carbocycles. The van der Waals surface area contributed by atoms with Crippen LogP contribution in [0.5, 0.6) is 0 Å². The van der Waals surface area contributed by atoms with Crippen molar-refractivity contribution in [3.63, 3.8) is 0 Å². The monoisotopic (exact) mass is 1960 g/mol. The molecule has 0 saturated carbocycles. The molecular formula is C111H233N21O6. The minimum absolute atomic E-state index is 0.0324. The van der Waals surface area contributed by atoms with Gasteiger partial charge in [-0.05, 0) is 283 Å². The van der Waals surface area contributed by atoms with E-state index < -0.39 is 0 Å². The van der Waals surface area contributed by atoms with Crippen molar-refractivity contribution in [1.82, 2.24) is 104 Å². The molecule has 12 heterocycles. The number of carbonyl (C=O) groups is 4. The van der Waals surface area contributed by atoms with Crippen molar-refractivity contribution in [1.29, 1.82) is 0 Å². The number of hydrogen-bond acceptors (Lipinski definition) is 24. The van der Waals surface area contributed by atoms with E-state index in [1.54, 1.807) is 6.08 Å². The van der Waals surface area contributed by atoms with Crippen LogP contribution in [0.15, 0.2) is 12.2 Å². The van der Waals surface area contributed by atoms with Crippen LogP contribution >= 0.6 is 0 Å². The second-order valence-corrected chi connectivity index (χ2v) is 47.1.